The predicted octanol–water partition coefficient (Wildman–Crippen LogP) is 3.46. The van der Waals surface area contributed by atoms with Gasteiger partial charge in [-0.25, -0.2) is 19.2 Å². The number of alkyl halides is 1. The first-order chi connectivity index (χ1) is 18.4. The molecule has 0 aliphatic heterocycles. The van der Waals surface area contributed by atoms with Crippen molar-refractivity contribution in [2.45, 2.75) is 24.9 Å². The molecule has 10 heteroatoms. The van der Waals surface area contributed by atoms with Crippen LogP contribution in [0.25, 0.3) is 0 Å². The Morgan fingerprint density at radius 2 is 1.18 bits per heavy atom. The summed E-state index contributed by atoms with van der Waals surface area (Å²) in [5, 5.41) is 12.9. The van der Waals surface area contributed by atoms with E-state index < -0.39 is 42.2 Å². The van der Waals surface area contributed by atoms with Crippen molar-refractivity contribution in [1.82, 2.24) is 5.32 Å². The van der Waals surface area contributed by atoms with Gasteiger partial charge in [0.05, 0.1) is 17.0 Å². The van der Waals surface area contributed by atoms with Crippen molar-refractivity contribution in [2.75, 3.05) is 12.4 Å². The van der Waals surface area contributed by atoms with E-state index in [9.17, 15) is 24.3 Å². The van der Waals surface area contributed by atoms with Gasteiger partial charge in [0.1, 0.15) is 6.10 Å². The molecule has 0 saturated heterocycles. The summed E-state index contributed by atoms with van der Waals surface area (Å²) >= 11 is 5.98. The molecule has 2 N–H and O–H groups in total. The third-order valence-electron chi connectivity index (χ3n) is 5.24. The van der Waals surface area contributed by atoms with E-state index in [-0.39, 0.29) is 23.6 Å². The maximum absolute atomic E-state index is 13.1. The number of carboxylic acids is 1. The monoisotopic (exact) mass is 539 g/mol. The maximum Gasteiger partial charge on any atom is 0.352 e. The lowest BCUT2D eigenvalue weighted by Crippen LogP contribution is -2.48. The van der Waals surface area contributed by atoms with Crippen LogP contribution in [-0.2, 0) is 30.3 Å². The Labute approximate surface area is 224 Å². The van der Waals surface area contributed by atoms with E-state index in [0.29, 0.717) is 6.54 Å². The summed E-state index contributed by atoms with van der Waals surface area (Å²) < 4.78 is 15.7. The first-order valence-electron chi connectivity index (χ1n) is 11.6. The van der Waals surface area contributed by atoms with E-state index in [2.05, 4.69) is 5.32 Å². The number of carbonyl (C=O) groups is 4. The zero-order valence-electron chi connectivity index (χ0n) is 20.2. The Kier molecular flexibility index (Phi) is 10.8. The number of halogens is 1. The summed E-state index contributed by atoms with van der Waals surface area (Å²) in [4.78, 5) is 50.5. The lowest BCUT2D eigenvalue weighted by molar-refractivity contribution is -0.173. The fourth-order valence-electron chi connectivity index (χ4n) is 3.32. The van der Waals surface area contributed by atoms with Gasteiger partial charge < -0.3 is 24.6 Å². The molecule has 3 atom stereocenters. The normalized spacial score (nSPS) is 13.0. The molecule has 0 amide bonds. The summed E-state index contributed by atoms with van der Waals surface area (Å²) in [5.74, 6) is -5.09. The molecule has 2 unspecified atom stereocenters. The van der Waals surface area contributed by atoms with Crippen LogP contribution in [0.4, 0.5) is 0 Å². The Hall–Kier alpha value is -4.21. The third kappa shape index (κ3) is 8.43. The molecule has 0 heterocycles. The molecule has 0 saturated carbocycles. The number of carbonyl (C=O) groups excluding carboxylic acids is 3. The van der Waals surface area contributed by atoms with Crippen molar-refractivity contribution >= 4 is 35.5 Å². The average molecular weight is 540 g/mol. The molecule has 0 aromatic heterocycles. The van der Waals surface area contributed by atoms with Crippen LogP contribution < -0.4 is 5.32 Å². The van der Waals surface area contributed by atoms with Crippen molar-refractivity contribution in [2.24, 2.45) is 0 Å². The molecule has 0 fully saturated rings. The van der Waals surface area contributed by atoms with Crippen molar-refractivity contribution in [3.05, 3.63) is 108 Å². The fourth-order valence-corrected chi connectivity index (χ4v) is 3.49. The number of nitrogens with one attached hydrogen (secondary N) is 1. The molecule has 38 heavy (non-hydrogen) atoms. The van der Waals surface area contributed by atoms with Gasteiger partial charge in [-0.2, -0.15) is 0 Å². The van der Waals surface area contributed by atoms with Crippen molar-refractivity contribution in [1.29, 1.82) is 0 Å². The van der Waals surface area contributed by atoms with Crippen LogP contribution in [0.5, 0.6) is 0 Å². The highest BCUT2D eigenvalue weighted by atomic mass is 35.5. The largest absolute Gasteiger partial charge is 0.478 e. The van der Waals surface area contributed by atoms with Crippen LogP contribution in [-0.4, -0.2) is 59.7 Å². The van der Waals surface area contributed by atoms with Gasteiger partial charge in [0, 0.05) is 13.1 Å². The molecular weight excluding hydrogens is 514 g/mol. The number of esters is 3. The zero-order valence-corrected chi connectivity index (χ0v) is 21.0. The topological polar surface area (TPSA) is 128 Å². The van der Waals surface area contributed by atoms with Crippen LogP contribution in [0.15, 0.2) is 91.0 Å². The molecule has 3 aromatic rings. The fraction of sp³-hybridized carbons (Fsp3) is 0.214. The highest BCUT2D eigenvalue weighted by Gasteiger charge is 2.42. The number of hydrogen-bond donors (Lipinski definition) is 2. The van der Waals surface area contributed by atoms with Gasteiger partial charge in [-0.3, -0.25) is 0 Å². The molecule has 0 radical (unpaired) electrons. The average Bonchev–Trinajstić information content (AvgIpc) is 2.95. The first-order valence-corrected chi connectivity index (χ1v) is 12.2. The van der Waals surface area contributed by atoms with Gasteiger partial charge >= 0.3 is 23.9 Å². The van der Waals surface area contributed by atoms with Crippen LogP contribution in [0.1, 0.15) is 26.3 Å². The predicted molar refractivity (Wildman–Crippen MR) is 138 cm³/mol. The second kappa shape index (κ2) is 14.5. The van der Waals surface area contributed by atoms with Gasteiger partial charge in [0.2, 0.25) is 12.2 Å². The smallest absolute Gasteiger partial charge is 0.352 e. The third-order valence-corrected chi connectivity index (χ3v) is 5.58. The van der Waals surface area contributed by atoms with Gasteiger partial charge in [0.15, 0.2) is 0 Å². The quantitative estimate of drug-likeness (QED) is 0.190. The summed E-state index contributed by atoms with van der Waals surface area (Å²) in [6.45, 7) is 0.593. The van der Waals surface area contributed by atoms with Crippen LogP contribution >= 0.6 is 11.6 Å². The molecule has 3 rings (SSSR count). The minimum Gasteiger partial charge on any atom is -0.478 e. The molecule has 3 aromatic carbocycles. The molecule has 0 aliphatic carbocycles. The first kappa shape index (κ1) is 28.4. The molecular formula is C28H26ClNO8. The van der Waals surface area contributed by atoms with Crippen LogP contribution in [0.2, 0.25) is 0 Å². The van der Waals surface area contributed by atoms with E-state index in [4.69, 9.17) is 25.8 Å². The van der Waals surface area contributed by atoms with Crippen LogP contribution in [0.3, 0.4) is 0 Å². The van der Waals surface area contributed by atoms with E-state index in [1.54, 1.807) is 36.4 Å². The number of carboxylic acid groups (broad SMARTS) is 1. The van der Waals surface area contributed by atoms with Crippen molar-refractivity contribution < 1.29 is 38.5 Å². The van der Waals surface area contributed by atoms with Crippen molar-refractivity contribution in [3.63, 3.8) is 0 Å². The lowest BCUT2D eigenvalue weighted by atomic mass is 10.1. The molecule has 0 bridgehead atoms. The van der Waals surface area contributed by atoms with Gasteiger partial charge in [-0.05, 0) is 29.8 Å². The second-order valence-electron chi connectivity index (χ2n) is 8.05. The number of ether oxygens (including phenoxy) is 3. The zero-order chi connectivity index (χ0) is 27.3. The minimum atomic E-state index is -2.18. The number of rotatable bonds is 13. The maximum atomic E-state index is 13.1. The lowest BCUT2D eigenvalue weighted by Gasteiger charge is -2.25. The number of hydrogen-bond acceptors (Lipinski definition) is 8. The van der Waals surface area contributed by atoms with Crippen LogP contribution in [0, 0.1) is 0 Å². The van der Waals surface area contributed by atoms with E-state index >= 15 is 0 Å². The van der Waals surface area contributed by atoms with Gasteiger partial charge in [0.25, 0.3) is 0 Å². The summed E-state index contributed by atoms with van der Waals surface area (Å²) in [6, 6.07) is 24.7. The molecule has 0 aliphatic rings. The Balaban J connectivity index is 1.77. The Morgan fingerprint density at radius 1 is 0.711 bits per heavy atom. The van der Waals surface area contributed by atoms with E-state index in [1.807, 2.05) is 30.3 Å². The van der Waals surface area contributed by atoms with Gasteiger partial charge in [-0.1, -0.05) is 66.7 Å². The molecule has 0 spiro atoms. The van der Waals surface area contributed by atoms with E-state index in [0.717, 1.165) is 5.56 Å². The Morgan fingerprint density at radius 3 is 1.66 bits per heavy atom. The summed E-state index contributed by atoms with van der Waals surface area (Å²) in [6.07, 6.45) is -5.19. The van der Waals surface area contributed by atoms with E-state index in [1.165, 1.54) is 24.3 Å². The number of aliphatic carboxylic acids is 1. The molecule has 198 valence electrons. The number of benzene rings is 3. The standard InChI is InChI=1S/C28H26ClNO8/c29-16-22(18-30-17-19-10-4-1-5-11-19)36-28(35)24(38-27(34)21-14-8-3-9-15-21)23(25(31)32)37-26(33)20-12-6-2-7-13-20/h1-15,22-24,30H,16-18H2,(H,31,32)/t22?,23-,24?/m0/s1. The highest BCUT2D eigenvalue weighted by molar-refractivity contribution is 6.18. The summed E-state index contributed by atoms with van der Waals surface area (Å²) in [7, 11) is 0. The van der Waals surface area contributed by atoms with Crippen molar-refractivity contribution in [3.8, 4) is 0 Å². The molecule has 9 nitrogen and oxygen atoms in total. The second-order valence-corrected chi connectivity index (χ2v) is 8.36. The SMILES string of the molecule is O=C(OC(C(=O)OC(CCl)CNCc1ccccc1)[C@H](OC(=O)c1ccccc1)C(=O)O)c1ccccc1. The Bertz CT molecular complexity index is 1210. The highest BCUT2D eigenvalue weighted by Crippen LogP contribution is 2.16. The summed E-state index contributed by atoms with van der Waals surface area (Å²) in [5.41, 5.74) is 1.09. The minimum absolute atomic E-state index is 0.0454. The van der Waals surface area contributed by atoms with Gasteiger partial charge in [-0.15, -0.1) is 11.6 Å².